The number of anilines is 2. The third-order valence-electron chi connectivity index (χ3n) is 4.17. The first-order valence-electron chi connectivity index (χ1n) is 8.69. The van der Waals surface area contributed by atoms with E-state index in [1.807, 2.05) is 19.0 Å². The van der Waals surface area contributed by atoms with Crippen LogP contribution in [0.25, 0.3) is 0 Å². The van der Waals surface area contributed by atoms with E-state index < -0.39 is 0 Å². The molecule has 0 atom stereocenters. The van der Waals surface area contributed by atoms with Crippen LogP contribution in [0.2, 0.25) is 0 Å². The summed E-state index contributed by atoms with van der Waals surface area (Å²) in [5.41, 5.74) is 0.756. The highest BCUT2D eigenvalue weighted by Gasteiger charge is 2.18. The fourth-order valence-corrected chi connectivity index (χ4v) is 2.76. The van der Waals surface area contributed by atoms with Gasteiger partial charge in [-0.1, -0.05) is 12.1 Å². The Balaban J connectivity index is 1.66. The molecule has 0 saturated carbocycles. The van der Waals surface area contributed by atoms with Gasteiger partial charge in [0.1, 0.15) is 5.82 Å². The van der Waals surface area contributed by atoms with Gasteiger partial charge in [-0.3, -0.25) is 4.79 Å². The molecule has 1 saturated heterocycles. The first-order valence-corrected chi connectivity index (χ1v) is 8.69. The van der Waals surface area contributed by atoms with Crippen LogP contribution < -0.4 is 15.1 Å². The summed E-state index contributed by atoms with van der Waals surface area (Å²) in [6.45, 7) is 2.10. The van der Waals surface area contributed by atoms with Gasteiger partial charge in [-0.2, -0.15) is 15.0 Å². The predicted octanol–water partition coefficient (Wildman–Crippen LogP) is 1.54. The van der Waals surface area contributed by atoms with Gasteiger partial charge in [0.05, 0.1) is 13.0 Å². The van der Waals surface area contributed by atoms with Crippen molar-refractivity contribution in [2.45, 2.75) is 25.8 Å². The molecule has 2 aromatic rings. The Hall–Kier alpha value is -2.77. The van der Waals surface area contributed by atoms with Gasteiger partial charge in [0, 0.05) is 27.2 Å². The molecule has 0 unspecified atom stereocenters. The Morgan fingerprint density at radius 3 is 2.50 bits per heavy atom. The Labute approximate surface area is 152 Å². The lowest BCUT2D eigenvalue weighted by molar-refractivity contribution is -0.120. The second-order valence-electron chi connectivity index (χ2n) is 6.52. The van der Waals surface area contributed by atoms with Crippen molar-refractivity contribution in [1.82, 2.24) is 20.3 Å². The standard InChI is InChI=1S/C18H23FN6O/c1-24(2)17-21-15(22-18(23-17)25-9-3-4-10-25)12-20-16(26)11-13-5-7-14(19)8-6-13/h5-8H,3-4,9-12H2,1-2H3,(H,20,26). The Morgan fingerprint density at radius 1 is 1.15 bits per heavy atom. The van der Waals surface area contributed by atoms with E-state index in [2.05, 4.69) is 25.2 Å². The zero-order valence-electron chi connectivity index (χ0n) is 15.1. The van der Waals surface area contributed by atoms with Gasteiger partial charge >= 0.3 is 0 Å². The number of rotatable bonds is 6. The SMILES string of the molecule is CN(C)c1nc(CNC(=O)Cc2ccc(F)cc2)nc(N2CCCC2)n1. The highest BCUT2D eigenvalue weighted by molar-refractivity contribution is 5.78. The number of hydrogen-bond acceptors (Lipinski definition) is 6. The maximum atomic E-state index is 12.9. The van der Waals surface area contributed by atoms with Crippen molar-refractivity contribution in [2.24, 2.45) is 0 Å². The fraction of sp³-hybridized carbons (Fsp3) is 0.444. The van der Waals surface area contributed by atoms with Crippen LogP contribution in [0, 0.1) is 5.82 Å². The van der Waals surface area contributed by atoms with Gasteiger partial charge < -0.3 is 15.1 Å². The molecule has 8 heteroatoms. The summed E-state index contributed by atoms with van der Waals surface area (Å²) in [4.78, 5) is 29.5. The average Bonchev–Trinajstić information content (AvgIpc) is 3.16. The quantitative estimate of drug-likeness (QED) is 0.844. The molecular weight excluding hydrogens is 335 g/mol. The molecule has 1 amide bonds. The number of hydrogen-bond donors (Lipinski definition) is 1. The second kappa shape index (κ2) is 8.07. The lowest BCUT2D eigenvalue weighted by atomic mass is 10.1. The molecule has 26 heavy (non-hydrogen) atoms. The molecule has 0 radical (unpaired) electrons. The summed E-state index contributed by atoms with van der Waals surface area (Å²) in [6.07, 6.45) is 2.45. The molecule has 1 aliphatic heterocycles. The van der Waals surface area contributed by atoms with E-state index in [1.165, 1.54) is 12.1 Å². The summed E-state index contributed by atoms with van der Waals surface area (Å²) >= 11 is 0. The number of carbonyl (C=O) groups excluding carboxylic acids is 1. The van der Waals surface area contributed by atoms with Crippen LogP contribution in [0.3, 0.4) is 0 Å². The van der Waals surface area contributed by atoms with Crippen molar-refractivity contribution in [3.63, 3.8) is 0 Å². The first-order chi connectivity index (χ1) is 12.5. The van der Waals surface area contributed by atoms with Crippen molar-refractivity contribution >= 4 is 17.8 Å². The topological polar surface area (TPSA) is 74.2 Å². The minimum Gasteiger partial charge on any atom is -0.349 e. The number of nitrogens with zero attached hydrogens (tertiary/aromatic N) is 5. The molecule has 1 aromatic heterocycles. The van der Waals surface area contributed by atoms with Gasteiger partial charge in [0.25, 0.3) is 0 Å². The van der Waals surface area contributed by atoms with Crippen LogP contribution in [0.4, 0.5) is 16.3 Å². The minimum atomic E-state index is -0.315. The number of amides is 1. The van der Waals surface area contributed by atoms with Crippen LogP contribution in [-0.4, -0.2) is 48.0 Å². The molecule has 0 spiro atoms. The van der Waals surface area contributed by atoms with Crippen LogP contribution >= 0.6 is 0 Å². The van der Waals surface area contributed by atoms with E-state index >= 15 is 0 Å². The number of carbonyl (C=O) groups is 1. The van der Waals surface area contributed by atoms with Crippen LogP contribution in [0.5, 0.6) is 0 Å². The predicted molar refractivity (Wildman–Crippen MR) is 97.6 cm³/mol. The highest BCUT2D eigenvalue weighted by Crippen LogP contribution is 2.18. The monoisotopic (exact) mass is 358 g/mol. The average molecular weight is 358 g/mol. The molecule has 3 rings (SSSR count). The van der Waals surface area contributed by atoms with Gasteiger partial charge in [-0.25, -0.2) is 4.39 Å². The van der Waals surface area contributed by atoms with Gasteiger partial charge in [-0.05, 0) is 30.5 Å². The molecule has 1 N–H and O–H groups in total. The zero-order valence-corrected chi connectivity index (χ0v) is 15.1. The Morgan fingerprint density at radius 2 is 1.85 bits per heavy atom. The molecule has 138 valence electrons. The van der Waals surface area contributed by atoms with E-state index in [9.17, 15) is 9.18 Å². The molecule has 1 aromatic carbocycles. The largest absolute Gasteiger partial charge is 0.349 e. The third kappa shape index (κ3) is 4.65. The van der Waals surface area contributed by atoms with E-state index in [1.54, 1.807) is 12.1 Å². The Bertz CT molecular complexity index is 759. The summed E-state index contributed by atoms with van der Waals surface area (Å²) < 4.78 is 12.9. The van der Waals surface area contributed by atoms with Gasteiger partial charge in [-0.15, -0.1) is 0 Å². The smallest absolute Gasteiger partial charge is 0.230 e. The summed E-state index contributed by atoms with van der Waals surface area (Å²) in [7, 11) is 3.75. The van der Waals surface area contributed by atoms with Gasteiger partial charge in [0.2, 0.25) is 17.8 Å². The molecule has 7 nitrogen and oxygen atoms in total. The molecule has 1 fully saturated rings. The van der Waals surface area contributed by atoms with E-state index in [-0.39, 0.29) is 24.7 Å². The van der Waals surface area contributed by atoms with E-state index in [4.69, 9.17) is 0 Å². The van der Waals surface area contributed by atoms with Crippen molar-refractivity contribution in [1.29, 1.82) is 0 Å². The van der Waals surface area contributed by atoms with E-state index in [0.29, 0.717) is 17.7 Å². The maximum Gasteiger partial charge on any atom is 0.230 e. The lowest BCUT2D eigenvalue weighted by Crippen LogP contribution is -2.28. The number of halogens is 1. The number of aromatic nitrogens is 3. The summed E-state index contributed by atoms with van der Waals surface area (Å²) in [6, 6.07) is 5.90. The normalized spacial score (nSPS) is 13.7. The molecular formula is C18H23FN6O. The number of benzene rings is 1. The van der Waals surface area contributed by atoms with E-state index in [0.717, 1.165) is 31.5 Å². The highest BCUT2D eigenvalue weighted by atomic mass is 19.1. The molecule has 0 aliphatic carbocycles. The van der Waals surface area contributed by atoms with Crippen LogP contribution in [0.15, 0.2) is 24.3 Å². The van der Waals surface area contributed by atoms with Crippen molar-refractivity contribution in [3.8, 4) is 0 Å². The summed E-state index contributed by atoms with van der Waals surface area (Å²) in [5.74, 6) is 1.28. The minimum absolute atomic E-state index is 0.161. The lowest BCUT2D eigenvalue weighted by Gasteiger charge is -2.19. The second-order valence-corrected chi connectivity index (χ2v) is 6.52. The first kappa shape index (κ1) is 18.0. The molecule has 1 aliphatic rings. The van der Waals surface area contributed by atoms with Crippen molar-refractivity contribution in [3.05, 3.63) is 41.5 Å². The Kier molecular flexibility index (Phi) is 5.60. The summed E-state index contributed by atoms with van der Waals surface area (Å²) in [5, 5.41) is 2.82. The maximum absolute atomic E-state index is 12.9. The number of nitrogens with one attached hydrogen (secondary N) is 1. The fourth-order valence-electron chi connectivity index (χ4n) is 2.76. The van der Waals surface area contributed by atoms with Crippen LogP contribution in [-0.2, 0) is 17.8 Å². The van der Waals surface area contributed by atoms with Crippen LogP contribution in [0.1, 0.15) is 24.2 Å². The van der Waals surface area contributed by atoms with Crippen molar-refractivity contribution < 1.29 is 9.18 Å². The molecule has 0 bridgehead atoms. The van der Waals surface area contributed by atoms with Gasteiger partial charge in [0.15, 0.2) is 5.82 Å². The third-order valence-corrected chi connectivity index (χ3v) is 4.17. The zero-order chi connectivity index (χ0) is 18.5. The van der Waals surface area contributed by atoms with Crippen molar-refractivity contribution in [2.75, 3.05) is 37.0 Å². The molecule has 2 heterocycles.